The third-order valence-electron chi connectivity index (χ3n) is 4.03. The molecule has 5 nitrogen and oxygen atoms in total. The smallest absolute Gasteiger partial charge is 0.194 e. The van der Waals surface area contributed by atoms with Crippen LogP contribution in [0.25, 0.3) is 0 Å². The van der Waals surface area contributed by atoms with Gasteiger partial charge in [-0.05, 0) is 40.9 Å². The zero-order valence-electron chi connectivity index (χ0n) is 13.5. The van der Waals surface area contributed by atoms with Crippen LogP contribution in [0, 0.1) is 0 Å². The van der Waals surface area contributed by atoms with Crippen molar-refractivity contribution in [2.45, 2.75) is 25.8 Å². The van der Waals surface area contributed by atoms with Gasteiger partial charge >= 0.3 is 0 Å². The molecule has 0 saturated carbocycles. The Hall–Kier alpha value is -1.34. The van der Waals surface area contributed by atoms with Gasteiger partial charge in [0.25, 0.3) is 0 Å². The lowest BCUT2D eigenvalue weighted by Gasteiger charge is -2.21. The summed E-state index contributed by atoms with van der Waals surface area (Å²) >= 11 is 5.24. The van der Waals surface area contributed by atoms with Crippen LogP contribution in [0.4, 0.5) is 0 Å². The maximum atomic E-state index is 4.81. The average Bonchev–Trinajstić information content (AvgIpc) is 3.24. The van der Waals surface area contributed by atoms with Crippen molar-refractivity contribution in [2.24, 2.45) is 12.0 Å². The summed E-state index contributed by atoms with van der Waals surface area (Å²) in [5.74, 6) is 1.56. The maximum Gasteiger partial charge on any atom is 0.194 e. The molecule has 0 aromatic carbocycles. The summed E-state index contributed by atoms with van der Waals surface area (Å²) in [5, 5.41) is 9.83. The van der Waals surface area contributed by atoms with Crippen LogP contribution in [0.1, 0.15) is 29.7 Å². The van der Waals surface area contributed by atoms with Crippen LogP contribution >= 0.6 is 27.3 Å². The molecule has 0 amide bonds. The molecule has 1 aliphatic heterocycles. The lowest BCUT2D eigenvalue weighted by molar-refractivity contribution is 0.486. The highest BCUT2D eigenvalue weighted by Gasteiger charge is 2.26. The zero-order chi connectivity index (χ0) is 16.2. The van der Waals surface area contributed by atoms with Gasteiger partial charge in [0.1, 0.15) is 0 Å². The van der Waals surface area contributed by atoms with E-state index in [2.05, 4.69) is 55.8 Å². The lowest BCUT2D eigenvalue weighted by atomic mass is 10.0. The fraction of sp³-hybridized carbons (Fsp3) is 0.500. The van der Waals surface area contributed by atoms with E-state index in [4.69, 9.17) is 4.99 Å². The van der Waals surface area contributed by atoms with E-state index < -0.39 is 0 Å². The number of likely N-dealkylation sites (tertiary alicyclic amines) is 1. The molecule has 0 bridgehead atoms. The molecule has 0 aliphatic carbocycles. The third-order valence-corrected chi connectivity index (χ3v) is 5.71. The van der Waals surface area contributed by atoms with Crippen molar-refractivity contribution in [3.05, 3.63) is 38.8 Å². The molecular formula is C16H22BrN5S. The van der Waals surface area contributed by atoms with E-state index in [1.165, 1.54) is 10.4 Å². The molecule has 23 heavy (non-hydrogen) atoms. The molecule has 7 heteroatoms. The zero-order valence-corrected chi connectivity index (χ0v) is 15.9. The summed E-state index contributed by atoms with van der Waals surface area (Å²) in [6.07, 6.45) is 5.27. The molecule has 1 N–H and O–H groups in total. The standard InChI is InChI=1S/C16H22BrN5S/c1-3-18-16(19-8-15-6-14(17)11-23-15)22-5-4-12(10-22)13-7-20-21(2)9-13/h6-7,9,11-12H,3-5,8,10H2,1-2H3,(H,18,19). The van der Waals surface area contributed by atoms with Gasteiger partial charge in [0, 0.05) is 53.5 Å². The van der Waals surface area contributed by atoms with Gasteiger partial charge in [-0.25, -0.2) is 4.99 Å². The van der Waals surface area contributed by atoms with Gasteiger partial charge in [-0.1, -0.05) is 0 Å². The summed E-state index contributed by atoms with van der Waals surface area (Å²) < 4.78 is 3.02. The third kappa shape index (κ3) is 4.14. The van der Waals surface area contributed by atoms with E-state index in [0.717, 1.165) is 43.0 Å². The van der Waals surface area contributed by atoms with Gasteiger partial charge in [0.15, 0.2) is 5.96 Å². The largest absolute Gasteiger partial charge is 0.357 e. The number of hydrogen-bond donors (Lipinski definition) is 1. The fourth-order valence-corrected chi connectivity index (χ4v) is 4.27. The Morgan fingerprint density at radius 2 is 2.43 bits per heavy atom. The minimum Gasteiger partial charge on any atom is -0.357 e. The van der Waals surface area contributed by atoms with Crippen molar-refractivity contribution in [3.63, 3.8) is 0 Å². The van der Waals surface area contributed by atoms with E-state index >= 15 is 0 Å². The number of nitrogens with zero attached hydrogens (tertiary/aromatic N) is 4. The number of aryl methyl sites for hydroxylation is 1. The topological polar surface area (TPSA) is 45.5 Å². The molecule has 1 aliphatic rings. The Labute approximate surface area is 149 Å². The van der Waals surface area contributed by atoms with E-state index in [1.54, 1.807) is 11.3 Å². The van der Waals surface area contributed by atoms with Crippen molar-refractivity contribution >= 4 is 33.2 Å². The van der Waals surface area contributed by atoms with Gasteiger partial charge in [-0.15, -0.1) is 11.3 Å². The average molecular weight is 396 g/mol. The van der Waals surface area contributed by atoms with Crippen molar-refractivity contribution in [3.8, 4) is 0 Å². The second-order valence-corrected chi connectivity index (χ2v) is 7.69. The summed E-state index contributed by atoms with van der Waals surface area (Å²) in [6.45, 7) is 5.78. The summed E-state index contributed by atoms with van der Waals surface area (Å²) in [7, 11) is 1.97. The Kier molecular flexibility index (Phi) is 5.38. The first-order valence-corrected chi connectivity index (χ1v) is 9.57. The van der Waals surface area contributed by atoms with Crippen LogP contribution in [0.15, 0.2) is 33.3 Å². The highest BCUT2D eigenvalue weighted by molar-refractivity contribution is 9.10. The normalized spacial score (nSPS) is 18.7. The molecular weight excluding hydrogens is 374 g/mol. The molecule has 124 valence electrons. The summed E-state index contributed by atoms with van der Waals surface area (Å²) in [5.41, 5.74) is 1.33. The number of hydrogen-bond acceptors (Lipinski definition) is 3. The molecule has 2 aromatic heterocycles. The molecule has 1 unspecified atom stereocenters. The molecule has 1 atom stereocenters. The van der Waals surface area contributed by atoms with Gasteiger partial charge < -0.3 is 10.2 Å². The molecule has 1 fully saturated rings. The van der Waals surface area contributed by atoms with Crippen LogP contribution < -0.4 is 5.32 Å². The minimum atomic E-state index is 0.545. The van der Waals surface area contributed by atoms with Gasteiger partial charge in [-0.2, -0.15) is 5.10 Å². The number of nitrogens with one attached hydrogen (secondary N) is 1. The van der Waals surface area contributed by atoms with Gasteiger partial charge in [0.05, 0.1) is 12.7 Å². The van der Waals surface area contributed by atoms with E-state index in [0.29, 0.717) is 5.92 Å². The number of halogens is 1. The molecule has 3 rings (SSSR count). The van der Waals surface area contributed by atoms with E-state index in [-0.39, 0.29) is 0 Å². The second kappa shape index (κ2) is 7.49. The molecule has 0 radical (unpaired) electrons. The molecule has 2 aromatic rings. The molecule has 3 heterocycles. The van der Waals surface area contributed by atoms with Gasteiger partial charge in [-0.3, -0.25) is 4.68 Å². The van der Waals surface area contributed by atoms with Crippen molar-refractivity contribution in [1.82, 2.24) is 20.0 Å². The Morgan fingerprint density at radius 1 is 1.57 bits per heavy atom. The highest BCUT2D eigenvalue weighted by Crippen LogP contribution is 2.27. The number of guanidine groups is 1. The predicted molar refractivity (Wildman–Crippen MR) is 99.0 cm³/mol. The first kappa shape index (κ1) is 16.5. The predicted octanol–water partition coefficient (Wildman–Crippen LogP) is 3.20. The van der Waals surface area contributed by atoms with Gasteiger partial charge in [0.2, 0.25) is 0 Å². The Morgan fingerprint density at radius 3 is 3.09 bits per heavy atom. The van der Waals surface area contributed by atoms with Crippen molar-refractivity contribution in [2.75, 3.05) is 19.6 Å². The number of aromatic nitrogens is 2. The maximum absolute atomic E-state index is 4.81. The summed E-state index contributed by atoms with van der Waals surface area (Å²) in [4.78, 5) is 8.45. The van der Waals surface area contributed by atoms with Crippen LogP contribution in [-0.2, 0) is 13.6 Å². The summed E-state index contributed by atoms with van der Waals surface area (Å²) in [6, 6.07) is 2.14. The van der Waals surface area contributed by atoms with Crippen molar-refractivity contribution in [1.29, 1.82) is 0 Å². The van der Waals surface area contributed by atoms with Crippen LogP contribution in [-0.4, -0.2) is 40.3 Å². The second-order valence-electron chi connectivity index (χ2n) is 5.78. The Bertz CT molecular complexity index is 678. The first-order valence-electron chi connectivity index (χ1n) is 7.90. The number of aliphatic imine (C=N–C) groups is 1. The lowest BCUT2D eigenvalue weighted by Crippen LogP contribution is -2.39. The molecule has 0 spiro atoms. The van der Waals surface area contributed by atoms with Crippen LogP contribution in [0.2, 0.25) is 0 Å². The van der Waals surface area contributed by atoms with Crippen LogP contribution in [0.5, 0.6) is 0 Å². The Balaban J connectivity index is 1.66. The fourth-order valence-electron chi connectivity index (χ4n) is 2.89. The van der Waals surface area contributed by atoms with Crippen LogP contribution in [0.3, 0.4) is 0 Å². The SMILES string of the molecule is CCNC(=NCc1cc(Br)cs1)N1CCC(c2cnn(C)c2)C1. The van der Waals surface area contributed by atoms with E-state index in [1.807, 2.05) is 17.9 Å². The first-order chi connectivity index (χ1) is 11.2. The minimum absolute atomic E-state index is 0.545. The molecule has 1 saturated heterocycles. The van der Waals surface area contributed by atoms with E-state index in [9.17, 15) is 0 Å². The highest BCUT2D eigenvalue weighted by atomic mass is 79.9. The quantitative estimate of drug-likeness (QED) is 0.638. The monoisotopic (exact) mass is 395 g/mol. The van der Waals surface area contributed by atoms with Crippen molar-refractivity contribution < 1.29 is 0 Å². The number of rotatable bonds is 4. The number of thiophene rings is 1.